The third kappa shape index (κ3) is 2.46. The standard InChI is InChI=1S/C14H19N3O2/c1-3-10-4-6-11(7-5-10)12-13(18)17(9(2)8-15)14(19)16-12/h4-7,9,12H,3,8,15H2,1-2H3,(H,16,19). The van der Waals surface area contributed by atoms with Crippen LogP contribution in [0.3, 0.4) is 0 Å². The molecule has 5 nitrogen and oxygen atoms in total. The molecule has 0 radical (unpaired) electrons. The molecule has 0 saturated carbocycles. The molecule has 1 aromatic carbocycles. The Balaban J connectivity index is 2.22. The second-order valence-electron chi connectivity index (χ2n) is 4.77. The fourth-order valence-corrected chi connectivity index (χ4v) is 2.19. The van der Waals surface area contributed by atoms with E-state index in [4.69, 9.17) is 5.73 Å². The second-order valence-corrected chi connectivity index (χ2v) is 4.77. The average Bonchev–Trinajstić information content (AvgIpc) is 2.73. The number of nitrogens with two attached hydrogens (primary N) is 1. The van der Waals surface area contributed by atoms with Gasteiger partial charge in [0.15, 0.2) is 0 Å². The molecule has 0 aliphatic carbocycles. The minimum Gasteiger partial charge on any atom is -0.328 e. The molecule has 0 aromatic heterocycles. The van der Waals surface area contributed by atoms with Crippen LogP contribution >= 0.6 is 0 Å². The predicted octanol–water partition coefficient (Wildman–Crippen LogP) is 1.19. The molecule has 102 valence electrons. The first kappa shape index (κ1) is 13.5. The lowest BCUT2D eigenvalue weighted by atomic mass is 10.0. The van der Waals surface area contributed by atoms with Crippen molar-refractivity contribution in [2.24, 2.45) is 5.73 Å². The number of imide groups is 1. The summed E-state index contributed by atoms with van der Waals surface area (Å²) in [6.07, 6.45) is 0.946. The zero-order chi connectivity index (χ0) is 14.0. The molecule has 0 bridgehead atoms. The Morgan fingerprint density at radius 1 is 1.32 bits per heavy atom. The fourth-order valence-electron chi connectivity index (χ4n) is 2.19. The molecular weight excluding hydrogens is 242 g/mol. The van der Waals surface area contributed by atoms with Crippen molar-refractivity contribution in [3.05, 3.63) is 35.4 Å². The zero-order valence-corrected chi connectivity index (χ0v) is 11.2. The molecule has 2 rings (SSSR count). The molecule has 1 heterocycles. The van der Waals surface area contributed by atoms with Crippen LogP contribution < -0.4 is 11.1 Å². The highest BCUT2D eigenvalue weighted by Gasteiger charge is 2.40. The maximum Gasteiger partial charge on any atom is 0.325 e. The Hall–Kier alpha value is -1.88. The minimum absolute atomic E-state index is 0.229. The first-order valence-corrected chi connectivity index (χ1v) is 6.51. The van der Waals surface area contributed by atoms with Gasteiger partial charge in [0.05, 0.1) is 6.04 Å². The van der Waals surface area contributed by atoms with E-state index in [9.17, 15) is 9.59 Å². The van der Waals surface area contributed by atoms with Gasteiger partial charge in [-0.05, 0) is 24.5 Å². The van der Waals surface area contributed by atoms with Gasteiger partial charge in [0.25, 0.3) is 5.91 Å². The summed E-state index contributed by atoms with van der Waals surface area (Å²) in [6, 6.07) is 6.48. The number of hydrogen-bond acceptors (Lipinski definition) is 3. The van der Waals surface area contributed by atoms with E-state index >= 15 is 0 Å². The SMILES string of the molecule is CCc1ccc(C2NC(=O)N(C(C)CN)C2=O)cc1. The number of aryl methyl sites for hydroxylation is 1. The van der Waals surface area contributed by atoms with E-state index in [0.29, 0.717) is 0 Å². The number of nitrogens with zero attached hydrogens (tertiary/aromatic N) is 1. The first-order chi connectivity index (χ1) is 9.08. The van der Waals surface area contributed by atoms with Gasteiger partial charge < -0.3 is 11.1 Å². The van der Waals surface area contributed by atoms with Gasteiger partial charge in [-0.15, -0.1) is 0 Å². The van der Waals surface area contributed by atoms with Crippen molar-refractivity contribution in [1.82, 2.24) is 10.2 Å². The van der Waals surface area contributed by atoms with E-state index in [0.717, 1.165) is 12.0 Å². The smallest absolute Gasteiger partial charge is 0.325 e. The minimum atomic E-state index is -0.590. The Morgan fingerprint density at radius 3 is 2.47 bits per heavy atom. The van der Waals surface area contributed by atoms with Crippen LogP contribution in [-0.2, 0) is 11.2 Å². The van der Waals surface area contributed by atoms with Crippen molar-refractivity contribution in [3.8, 4) is 0 Å². The number of urea groups is 1. The van der Waals surface area contributed by atoms with Crippen LogP contribution in [0.4, 0.5) is 4.79 Å². The van der Waals surface area contributed by atoms with Crippen molar-refractivity contribution in [3.63, 3.8) is 0 Å². The lowest BCUT2D eigenvalue weighted by Gasteiger charge is -2.19. The number of hydrogen-bond donors (Lipinski definition) is 2. The van der Waals surface area contributed by atoms with Gasteiger partial charge in [0.2, 0.25) is 0 Å². The Labute approximate surface area is 112 Å². The van der Waals surface area contributed by atoms with Gasteiger partial charge in [-0.1, -0.05) is 31.2 Å². The normalized spacial score (nSPS) is 20.6. The number of benzene rings is 1. The second kappa shape index (κ2) is 5.40. The summed E-state index contributed by atoms with van der Waals surface area (Å²) in [5, 5.41) is 2.70. The average molecular weight is 261 g/mol. The fraction of sp³-hybridized carbons (Fsp3) is 0.429. The topological polar surface area (TPSA) is 75.4 Å². The van der Waals surface area contributed by atoms with Crippen LogP contribution in [0.25, 0.3) is 0 Å². The van der Waals surface area contributed by atoms with Crippen LogP contribution in [0.15, 0.2) is 24.3 Å². The summed E-state index contributed by atoms with van der Waals surface area (Å²) in [4.78, 5) is 25.3. The molecule has 1 fully saturated rings. The lowest BCUT2D eigenvalue weighted by Crippen LogP contribution is -2.42. The molecule has 5 heteroatoms. The summed E-state index contributed by atoms with van der Waals surface area (Å²) in [5.74, 6) is -0.229. The van der Waals surface area contributed by atoms with E-state index < -0.39 is 6.04 Å². The van der Waals surface area contributed by atoms with Crippen molar-refractivity contribution in [2.45, 2.75) is 32.4 Å². The molecule has 1 aromatic rings. The van der Waals surface area contributed by atoms with E-state index in [-0.39, 0.29) is 24.5 Å². The van der Waals surface area contributed by atoms with Crippen LogP contribution in [0.5, 0.6) is 0 Å². The largest absolute Gasteiger partial charge is 0.328 e. The third-order valence-corrected chi connectivity index (χ3v) is 3.47. The molecule has 0 spiro atoms. The highest BCUT2D eigenvalue weighted by Crippen LogP contribution is 2.23. The van der Waals surface area contributed by atoms with Crippen LogP contribution in [-0.4, -0.2) is 29.4 Å². The van der Waals surface area contributed by atoms with E-state index in [1.165, 1.54) is 10.5 Å². The summed E-state index contributed by atoms with van der Waals surface area (Å²) in [7, 11) is 0. The quantitative estimate of drug-likeness (QED) is 0.799. The van der Waals surface area contributed by atoms with Crippen LogP contribution in [0, 0.1) is 0 Å². The summed E-state index contributed by atoms with van der Waals surface area (Å²) in [5.41, 5.74) is 7.53. The molecule has 2 atom stereocenters. The highest BCUT2D eigenvalue weighted by atomic mass is 16.2. The Morgan fingerprint density at radius 2 is 1.95 bits per heavy atom. The van der Waals surface area contributed by atoms with Gasteiger partial charge in [-0.3, -0.25) is 9.69 Å². The number of rotatable bonds is 4. The number of nitrogens with one attached hydrogen (secondary N) is 1. The zero-order valence-electron chi connectivity index (χ0n) is 11.2. The maximum absolute atomic E-state index is 12.3. The molecule has 3 amide bonds. The molecule has 2 unspecified atom stereocenters. The molecule has 3 N–H and O–H groups in total. The number of carbonyl (C=O) groups is 2. The highest BCUT2D eigenvalue weighted by molar-refractivity contribution is 6.04. The predicted molar refractivity (Wildman–Crippen MR) is 72.5 cm³/mol. The van der Waals surface area contributed by atoms with Crippen molar-refractivity contribution >= 4 is 11.9 Å². The molecule has 1 aliphatic heterocycles. The maximum atomic E-state index is 12.3. The van der Waals surface area contributed by atoms with Crippen LogP contribution in [0.1, 0.15) is 31.0 Å². The third-order valence-electron chi connectivity index (χ3n) is 3.47. The Bertz CT molecular complexity index is 484. The first-order valence-electron chi connectivity index (χ1n) is 6.51. The van der Waals surface area contributed by atoms with Gasteiger partial charge in [0.1, 0.15) is 6.04 Å². The van der Waals surface area contributed by atoms with E-state index in [1.807, 2.05) is 24.3 Å². The van der Waals surface area contributed by atoms with Gasteiger partial charge in [-0.2, -0.15) is 0 Å². The lowest BCUT2D eigenvalue weighted by molar-refractivity contribution is -0.128. The number of carbonyl (C=O) groups excluding carboxylic acids is 2. The van der Waals surface area contributed by atoms with Crippen LogP contribution in [0.2, 0.25) is 0 Å². The molecule has 1 aliphatic rings. The summed E-state index contributed by atoms with van der Waals surface area (Å²) < 4.78 is 0. The van der Waals surface area contributed by atoms with Gasteiger partial charge >= 0.3 is 6.03 Å². The van der Waals surface area contributed by atoms with Crippen molar-refractivity contribution < 1.29 is 9.59 Å². The van der Waals surface area contributed by atoms with E-state index in [1.54, 1.807) is 6.92 Å². The van der Waals surface area contributed by atoms with Gasteiger partial charge in [0, 0.05) is 6.54 Å². The van der Waals surface area contributed by atoms with E-state index in [2.05, 4.69) is 12.2 Å². The molecule has 1 saturated heterocycles. The van der Waals surface area contributed by atoms with Gasteiger partial charge in [-0.25, -0.2) is 4.79 Å². The molecular formula is C14H19N3O2. The summed E-state index contributed by atoms with van der Waals surface area (Å²) in [6.45, 7) is 4.10. The van der Waals surface area contributed by atoms with Crippen molar-refractivity contribution in [1.29, 1.82) is 0 Å². The monoisotopic (exact) mass is 261 g/mol. The van der Waals surface area contributed by atoms with Crippen molar-refractivity contribution in [2.75, 3.05) is 6.54 Å². The Kier molecular flexibility index (Phi) is 3.85. The molecule has 19 heavy (non-hydrogen) atoms. The number of amides is 3. The summed E-state index contributed by atoms with van der Waals surface area (Å²) >= 11 is 0.